The fourth-order valence-corrected chi connectivity index (χ4v) is 5.50. The number of benzene rings is 3. The molecule has 6 rings (SSSR count). The summed E-state index contributed by atoms with van der Waals surface area (Å²) in [5, 5.41) is 0. The van der Waals surface area contributed by atoms with Crippen LogP contribution < -0.4 is 9.64 Å². The number of ether oxygens (including phenoxy) is 2. The summed E-state index contributed by atoms with van der Waals surface area (Å²) in [5.74, 6) is -4.02. The maximum absolute atomic E-state index is 13.8. The van der Waals surface area contributed by atoms with Crippen LogP contribution in [-0.4, -0.2) is 42.2 Å². The van der Waals surface area contributed by atoms with Crippen molar-refractivity contribution >= 4 is 35.1 Å². The molecule has 0 N–H and O–H groups in total. The number of hydrogen-bond acceptors (Lipinski definition) is 6. The molecule has 0 radical (unpaired) electrons. The van der Waals surface area contributed by atoms with Gasteiger partial charge in [-0.1, -0.05) is 66.7 Å². The van der Waals surface area contributed by atoms with Gasteiger partial charge in [0, 0.05) is 11.1 Å². The molecule has 2 amide bonds. The van der Waals surface area contributed by atoms with Gasteiger partial charge in [0.05, 0.1) is 30.7 Å². The van der Waals surface area contributed by atoms with Crippen molar-refractivity contribution in [3.63, 3.8) is 0 Å². The third kappa shape index (κ3) is 2.96. The molecule has 1 spiro atoms. The number of Topliss-reactive ketones (excluding diaryl/α,β-unsaturated/α-hetero) is 2. The number of anilines is 1. The van der Waals surface area contributed by atoms with Gasteiger partial charge < -0.3 is 9.47 Å². The monoisotopic (exact) mass is 479 g/mol. The quantitative estimate of drug-likeness (QED) is 0.419. The van der Waals surface area contributed by atoms with Gasteiger partial charge in [-0.15, -0.1) is 0 Å². The van der Waals surface area contributed by atoms with E-state index >= 15 is 0 Å². The minimum absolute atomic E-state index is 0.206. The topological polar surface area (TPSA) is 90.0 Å². The molecule has 3 unspecified atom stereocenters. The predicted octanol–water partition coefficient (Wildman–Crippen LogP) is 3.73. The van der Waals surface area contributed by atoms with Gasteiger partial charge in [-0.2, -0.15) is 0 Å². The molecule has 3 aliphatic rings. The van der Waals surface area contributed by atoms with Crippen LogP contribution in [0.2, 0.25) is 0 Å². The van der Waals surface area contributed by atoms with Crippen LogP contribution in [-0.2, 0) is 14.3 Å². The number of nitrogens with zero attached hydrogens (tertiary/aromatic N) is 1. The summed E-state index contributed by atoms with van der Waals surface area (Å²) >= 11 is 0. The van der Waals surface area contributed by atoms with E-state index in [0.29, 0.717) is 11.4 Å². The fraction of sp³-hybridized carbons (Fsp3) is 0.172. The number of carbonyl (C=O) groups is 4. The Bertz CT molecular complexity index is 1410. The van der Waals surface area contributed by atoms with Gasteiger partial charge in [-0.05, 0) is 29.8 Å². The minimum atomic E-state index is -2.08. The second kappa shape index (κ2) is 8.10. The number of ketones is 2. The van der Waals surface area contributed by atoms with Crippen molar-refractivity contribution in [1.82, 2.24) is 0 Å². The first-order valence-corrected chi connectivity index (χ1v) is 11.6. The molecule has 2 saturated heterocycles. The van der Waals surface area contributed by atoms with Crippen LogP contribution in [0, 0.1) is 11.8 Å². The molecule has 7 heteroatoms. The molecule has 3 aromatic rings. The Morgan fingerprint density at radius 2 is 1.42 bits per heavy atom. The van der Waals surface area contributed by atoms with Gasteiger partial charge in [-0.25, -0.2) is 4.90 Å². The first-order valence-electron chi connectivity index (χ1n) is 11.6. The fourth-order valence-electron chi connectivity index (χ4n) is 5.50. The SMILES string of the molecule is COc1ccc(N2C(=O)C3C(C=Cc4ccccc4)OC4(C(=O)c5ccccc5C4=O)C3C2=O)cc1. The van der Waals surface area contributed by atoms with E-state index < -0.39 is 46.9 Å². The highest BCUT2D eigenvalue weighted by Gasteiger charge is 2.74. The van der Waals surface area contributed by atoms with Crippen LogP contribution in [0.3, 0.4) is 0 Å². The summed E-state index contributed by atoms with van der Waals surface area (Å²) in [6.45, 7) is 0. The Morgan fingerprint density at radius 1 is 0.806 bits per heavy atom. The molecule has 7 nitrogen and oxygen atoms in total. The van der Waals surface area contributed by atoms with E-state index in [1.54, 1.807) is 60.7 Å². The first-order chi connectivity index (χ1) is 17.5. The van der Waals surface area contributed by atoms with E-state index in [1.165, 1.54) is 7.11 Å². The van der Waals surface area contributed by atoms with Crippen molar-refractivity contribution in [2.75, 3.05) is 12.0 Å². The number of imide groups is 1. The van der Waals surface area contributed by atoms with Gasteiger partial charge in [0.15, 0.2) is 0 Å². The summed E-state index contributed by atoms with van der Waals surface area (Å²) < 4.78 is 11.4. The van der Waals surface area contributed by atoms with Crippen molar-refractivity contribution in [2.24, 2.45) is 11.8 Å². The Kier molecular flexibility index (Phi) is 4.98. The average Bonchev–Trinajstić information content (AvgIpc) is 3.47. The van der Waals surface area contributed by atoms with Crippen molar-refractivity contribution in [3.8, 4) is 5.75 Å². The van der Waals surface area contributed by atoms with Crippen LogP contribution in [0.5, 0.6) is 5.75 Å². The van der Waals surface area contributed by atoms with E-state index in [-0.39, 0.29) is 11.1 Å². The van der Waals surface area contributed by atoms with Crippen LogP contribution in [0.4, 0.5) is 5.69 Å². The van der Waals surface area contributed by atoms with Crippen LogP contribution in [0.1, 0.15) is 26.3 Å². The number of rotatable bonds is 4. The third-order valence-electron chi connectivity index (χ3n) is 7.16. The first kappa shape index (κ1) is 22.1. The molecule has 3 atom stereocenters. The van der Waals surface area contributed by atoms with Crippen molar-refractivity contribution < 1.29 is 28.7 Å². The van der Waals surface area contributed by atoms with Crippen LogP contribution >= 0.6 is 0 Å². The molecule has 2 aliphatic heterocycles. The van der Waals surface area contributed by atoms with Gasteiger partial charge >= 0.3 is 0 Å². The highest BCUT2D eigenvalue weighted by molar-refractivity contribution is 6.37. The Hall–Kier alpha value is -4.36. The summed E-state index contributed by atoms with van der Waals surface area (Å²) in [7, 11) is 1.52. The van der Waals surface area contributed by atoms with Crippen LogP contribution in [0.25, 0.3) is 6.08 Å². The number of hydrogen-bond donors (Lipinski definition) is 0. The number of carbonyl (C=O) groups excluding carboxylic acids is 4. The van der Waals surface area contributed by atoms with Crippen molar-refractivity contribution in [2.45, 2.75) is 11.7 Å². The standard InChI is InChI=1S/C29H21NO6/c1-35-19-14-12-18(13-15-19)30-27(33)23-22(16-11-17-7-3-2-4-8-17)36-29(24(23)28(30)34)25(31)20-9-5-6-10-21(20)26(29)32/h2-16,22-24H,1H3. The lowest BCUT2D eigenvalue weighted by molar-refractivity contribution is -0.126. The summed E-state index contributed by atoms with van der Waals surface area (Å²) in [6, 6.07) is 22.3. The van der Waals surface area contributed by atoms with Gasteiger partial charge in [0.25, 0.3) is 0 Å². The molecule has 3 aromatic carbocycles. The molecular weight excluding hydrogens is 458 g/mol. The minimum Gasteiger partial charge on any atom is -0.497 e. The lowest BCUT2D eigenvalue weighted by Crippen LogP contribution is -2.51. The zero-order valence-electron chi connectivity index (χ0n) is 19.3. The van der Waals surface area contributed by atoms with Crippen molar-refractivity contribution in [1.29, 1.82) is 0 Å². The maximum atomic E-state index is 13.8. The lowest BCUT2D eigenvalue weighted by atomic mass is 9.78. The van der Waals surface area contributed by atoms with Gasteiger partial charge in [0.1, 0.15) is 5.75 Å². The molecular formula is C29H21NO6. The molecule has 0 aromatic heterocycles. The molecule has 178 valence electrons. The summed E-state index contributed by atoms with van der Waals surface area (Å²) in [6.07, 6.45) is 2.48. The largest absolute Gasteiger partial charge is 0.497 e. The maximum Gasteiger partial charge on any atom is 0.241 e. The van der Waals surface area contributed by atoms with E-state index in [0.717, 1.165) is 10.5 Å². The smallest absolute Gasteiger partial charge is 0.241 e. The number of amides is 2. The second-order valence-electron chi connectivity index (χ2n) is 9.01. The van der Waals surface area contributed by atoms with Crippen LogP contribution in [0.15, 0.2) is 84.9 Å². The second-order valence-corrected chi connectivity index (χ2v) is 9.01. The molecule has 0 saturated carbocycles. The van der Waals surface area contributed by atoms with Gasteiger partial charge in [-0.3, -0.25) is 19.2 Å². The molecule has 36 heavy (non-hydrogen) atoms. The average molecular weight is 479 g/mol. The molecule has 1 aliphatic carbocycles. The van der Waals surface area contributed by atoms with E-state index in [9.17, 15) is 19.2 Å². The molecule has 2 heterocycles. The third-order valence-corrected chi connectivity index (χ3v) is 7.16. The Morgan fingerprint density at radius 3 is 2.03 bits per heavy atom. The van der Waals surface area contributed by atoms with Gasteiger partial charge in [0.2, 0.25) is 29.0 Å². The van der Waals surface area contributed by atoms with Crippen molar-refractivity contribution in [3.05, 3.63) is 102 Å². The lowest BCUT2D eigenvalue weighted by Gasteiger charge is -2.26. The summed E-state index contributed by atoms with van der Waals surface area (Å²) in [4.78, 5) is 56.0. The highest BCUT2D eigenvalue weighted by Crippen LogP contribution is 2.53. The zero-order chi connectivity index (χ0) is 25.0. The predicted molar refractivity (Wildman–Crippen MR) is 131 cm³/mol. The summed E-state index contributed by atoms with van der Waals surface area (Å²) in [5.41, 5.74) is -0.464. The molecule has 0 bridgehead atoms. The van der Waals surface area contributed by atoms with E-state index in [1.807, 2.05) is 30.3 Å². The molecule has 2 fully saturated rings. The Labute approximate surface area is 206 Å². The number of fused-ring (bicyclic) bond motifs is 3. The number of methoxy groups -OCH3 is 1. The Balaban J connectivity index is 1.47. The zero-order valence-corrected chi connectivity index (χ0v) is 19.3. The van der Waals surface area contributed by atoms with E-state index in [2.05, 4.69) is 0 Å². The normalized spacial score (nSPS) is 24.1. The van der Waals surface area contributed by atoms with E-state index in [4.69, 9.17) is 9.47 Å². The highest BCUT2D eigenvalue weighted by atomic mass is 16.5.